The molecular weight excluding hydrogens is 262 g/mol. The Balaban J connectivity index is 1.61. The van der Waals surface area contributed by atoms with Crippen molar-refractivity contribution < 1.29 is 9.84 Å². The smallest absolute Gasteiger partial charge is 0.127 e. The molecule has 0 spiro atoms. The van der Waals surface area contributed by atoms with Gasteiger partial charge in [0.05, 0.1) is 0 Å². The zero-order valence-corrected chi connectivity index (χ0v) is 12.1. The van der Waals surface area contributed by atoms with E-state index in [1.807, 2.05) is 18.2 Å². The molecule has 2 aliphatic heterocycles. The summed E-state index contributed by atoms with van der Waals surface area (Å²) < 4.78 is 6.31. The van der Waals surface area contributed by atoms with Crippen LogP contribution in [0.1, 0.15) is 32.1 Å². The van der Waals surface area contributed by atoms with Gasteiger partial charge >= 0.3 is 0 Å². The number of benzene rings is 2. The van der Waals surface area contributed by atoms with Gasteiger partial charge in [0.15, 0.2) is 0 Å². The van der Waals surface area contributed by atoms with E-state index in [1.54, 1.807) is 12.1 Å². The van der Waals surface area contributed by atoms with Gasteiger partial charge in [-0.2, -0.15) is 0 Å². The fourth-order valence-electron chi connectivity index (χ4n) is 3.82. The van der Waals surface area contributed by atoms with Crippen molar-refractivity contribution in [3.8, 4) is 11.5 Å². The zero-order valence-electron chi connectivity index (χ0n) is 12.1. The topological polar surface area (TPSA) is 41.5 Å². The molecule has 2 aromatic rings. The largest absolute Gasteiger partial charge is 0.508 e. The van der Waals surface area contributed by atoms with Crippen LogP contribution in [-0.4, -0.2) is 23.3 Å². The molecule has 2 aliphatic rings. The van der Waals surface area contributed by atoms with Crippen LogP contribution in [0.3, 0.4) is 0 Å². The second-order valence-electron chi connectivity index (χ2n) is 6.36. The number of phenolic OH excluding ortho intramolecular Hbond substituents is 1. The van der Waals surface area contributed by atoms with Gasteiger partial charge in [-0.05, 0) is 49.3 Å². The number of fused-ring (bicyclic) bond motifs is 3. The molecule has 2 bridgehead atoms. The lowest BCUT2D eigenvalue weighted by Gasteiger charge is -2.40. The highest BCUT2D eigenvalue weighted by Crippen LogP contribution is 2.33. The Morgan fingerprint density at radius 3 is 2.67 bits per heavy atom. The third-order valence-electron chi connectivity index (χ3n) is 4.79. The highest BCUT2D eigenvalue weighted by atomic mass is 16.5. The van der Waals surface area contributed by atoms with Gasteiger partial charge in [0.1, 0.15) is 17.6 Å². The van der Waals surface area contributed by atoms with Gasteiger partial charge in [-0.15, -0.1) is 0 Å². The van der Waals surface area contributed by atoms with E-state index in [2.05, 4.69) is 11.4 Å². The molecule has 2 fully saturated rings. The molecule has 110 valence electrons. The average Bonchev–Trinajstić information content (AvgIpc) is 2.47. The van der Waals surface area contributed by atoms with Crippen molar-refractivity contribution in [2.24, 2.45) is 0 Å². The summed E-state index contributed by atoms with van der Waals surface area (Å²) in [5.74, 6) is 1.19. The normalized spacial score (nSPS) is 28.5. The van der Waals surface area contributed by atoms with E-state index in [-0.39, 0.29) is 6.10 Å². The molecule has 0 radical (unpaired) electrons. The zero-order chi connectivity index (χ0) is 14.2. The van der Waals surface area contributed by atoms with Crippen LogP contribution in [-0.2, 0) is 0 Å². The Kier molecular flexibility index (Phi) is 3.23. The standard InChI is InChI=1S/C18H21NO2/c20-15-8-7-12-3-1-6-18(17(12)11-15)21-16-9-13-4-2-5-14(10-16)19-13/h1,3,6-8,11,13-14,16,19-20H,2,4-5,9-10H2/t13-,14+,16-. The minimum atomic E-state index is 0.287. The van der Waals surface area contributed by atoms with Crippen molar-refractivity contribution in [3.05, 3.63) is 36.4 Å². The van der Waals surface area contributed by atoms with Crippen molar-refractivity contribution in [3.63, 3.8) is 0 Å². The summed E-state index contributed by atoms with van der Waals surface area (Å²) in [6.07, 6.45) is 6.35. The van der Waals surface area contributed by atoms with Crippen molar-refractivity contribution in [1.29, 1.82) is 0 Å². The summed E-state index contributed by atoms with van der Waals surface area (Å²) in [5.41, 5.74) is 0. The van der Waals surface area contributed by atoms with E-state index in [9.17, 15) is 5.11 Å². The van der Waals surface area contributed by atoms with Crippen molar-refractivity contribution in [2.75, 3.05) is 0 Å². The predicted octanol–water partition coefficient (Wildman–Crippen LogP) is 3.60. The molecular formula is C18H21NO2. The van der Waals surface area contributed by atoms with Crippen LogP contribution < -0.4 is 10.1 Å². The highest BCUT2D eigenvalue weighted by molar-refractivity contribution is 5.89. The lowest BCUT2D eigenvalue weighted by atomic mass is 9.85. The number of ether oxygens (including phenoxy) is 1. The van der Waals surface area contributed by atoms with E-state index >= 15 is 0 Å². The van der Waals surface area contributed by atoms with Gasteiger partial charge in [0.25, 0.3) is 0 Å². The molecule has 2 N–H and O–H groups in total. The van der Waals surface area contributed by atoms with Gasteiger partial charge in [-0.1, -0.05) is 24.6 Å². The Morgan fingerprint density at radius 2 is 1.86 bits per heavy atom. The fraction of sp³-hybridized carbons (Fsp3) is 0.444. The molecule has 0 amide bonds. The van der Waals surface area contributed by atoms with Gasteiger partial charge in [-0.3, -0.25) is 0 Å². The molecule has 2 aromatic carbocycles. The van der Waals surface area contributed by atoms with Crippen LogP contribution in [0, 0.1) is 0 Å². The van der Waals surface area contributed by atoms with Gasteiger partial charge in [-0.25, -0.2) is 0 Å². The Morgan fingerprint density at radius 1 is 1.05 bits per heavy atom. The quantitative estimate of drug-likeness (QED) is 0.885. The van der Waals surface area contributed by atoms with E-state index < -0.39 is 0 Å². The lowest BCUT2D eigenvalue weighted by molar-refractivity contribution is 0.0939. The summed E-state index contributed by atoms with van der Waals surface area (Å²) in [4.78, 5) is 0. The van der Waals surface area contributed by atoms with Gasteiger partial charge < -0.3 is 15.2 Å². The highest BCUT2D eigenvalue weighted by Gasteiger charge is 2.32. The lowest BCUT2D eigenvalue weighted by Crippen LogP contribution is -2.51. The number of phenols is 1. The first-order chi connectivity index (χ1) is 10.3. The van der Waals surface area contributed by atoms with E-state index in [0.29, 0.717) is 17.8 Å². The second kappa shape index (κ2) is 5.23. The van der Waals surface area contributed by atoms with Crippen molar-refractivity contribution in [1.82, 2.24) is 5.32 Å². The summed E-state index contributed by atoms with van der Waals surface area (Å²) in [7, 11) is 0. The molecule has 21 heavy (non-hydrogen) atoms. The minimum Gasteiger partial charge on any atom is -0.508 e. The summed E-state index contributed by atoms with van der Waals surface area (Å²) in [5, 5.41) is 15.5. The summed E-state index contributed by atoms with van der Waals surface area (Å²) in [6.45, 7) is 0. The van der Waals surface area contributed by atoms with Crippen LogP contribution in [0.25, 0.3) is 10.8 Å². The average molecular weight is 283 g/mol. The van der Waals surface area contributed by atoms with Gasteiger partial charge in [0, 0.05) is 17.5 Å². The molecule has 4 rings (SSSR count). The molecule has 0 aromatic heterocycles. The number of hydrogen-bond donors (Lipinski definition) is 2. The third-order valence-corrected chi connectivity index (χ3v) is 4.79. The van der Waals surface area contributed by atoms with Crippen LogP contribution in [0.2, 0.25) is 0 Å². The monoisotopic (exact) mass is 283 g/mol. The third kappa shape index (κ3) is 2.58. The molecule has 0 saturated carbocycles. The Bertz CT molecular complexity index is 643. The van der Waals surface area contributed by atoms with E-state index in [4.69, 9.17) is 4.74 Å². The first kappa shape index (κ1) is 13.0. The molecule has 0 aliphatic carbocycles. The van der Waals surface area contributed by atoms with Crippen LogP contribution in [0.4, 0.5) is 0 Å². The van der Waals surface area contributed by atoms with Gasteiger partial charge in [0.2, 0.25) is 0 Å². The van der Waals surface area contributed by atoms with Crippen LogP contribution in [0.5, 0.6) is 11.5 Å². The Labute approximate surface area is 124 Å². The fourth-order valence-corrected chi connectivity index (χ4v) is 3.82. The number of piperidine rings is 2. The first-order valence-corrected chi connectivity index (χ1v) is 7.92. The summed E-state index contributed by atoms with van der Waals surface area (Å²) >= 11 is 0. The number of nitrogens with one attached hydrogen (secondary N) is 1. The number of hydrogen-bond acceptors (Lipinski definition) is 3. The molecule has 3 nitrogen and oxygen atoms in total. The van der Waals surface area contributed by atoms with E-state index in [0.717, 1.165) is 29.4 Å². The predicted molar refractivity (Wildman–Crippen MR) is 83.8 cm³/mol. The molecule has 3 atom stereocenters. The minimum absolute atomic E-state index is 0.287. The number of rotatable bonds is 2. The molecule has 2 heterocycles. The van der Waals surface area contributed by atoms with Crippen LogP contribution in [0.15, 0.2) is 36.4 Å². The van der Waals surface area contributed by atoms with E-state index in [1.165, 1.54) is 19.3 Å². The van der Waals surface area contributed by atoms with Crippen molar-refractivity contribution >= 4 is 10.8 Å². The van der Waals surface area contributed by atoms with Crippen molar-refractivity contribution in [2.45, 2.75) is 50.3 Å². The second-order valence-corrected chi connectivity index (χ2v) is 6.36. The maximum atomic E-state index is 9.73. The number of aromatic hydroxyl groups is 1. The Hall–Kier alpha value is -1.74. The maximum Gasteiger partial charge on any atom is 0.127 e. The maximum absolute atomic E-state index is 9.73. The molecule has 3 heteroatoms. The first-order valence-electron chi connectivity index (χ1n) is 7.92. The SMILES string of the molecule is Oc1ccc2cccc(O[C@@H]3C[C@H]4CCC[C@@H](C3)N4)c2c1. The molecule has 0 unspecified atom stereocenters. The molecule has 2 saturated heterocycles. The summed E-state index contributed by atoms with van der Waals surface area (Å²) in [6, 6.07) is 12.8. The van der Waals surface area contributed by atoms with Crippen LogP contribution >= 0.6 is 0 Å².